The molecule has 0 saturated heterocycles. The summed E-state index contributed by atoms with van der Waals surface area (Å²) < 4.78 is 1.77. The van der Waals surface area contributed by atoms with Gasteiger partial charge in [0.1, 0.15) is 0 Å². The molecule has 0 bridgehead atoms. The van der Waals surface area contributed by atoms with Crippen LogP contribution in [0.15, 0.2) is 52.4 Å². The van der Waals surface area contributed by atoms with Crippen LogP contribution in [-0.2, 0) is 4.79 Å². The SMILES string of the molecule is Cc1ccc(NC(=O)[C@@H](C)Sc2nc3ccccc3c(=O)n2C2CC2)c(C)c1. The minimum absolute atomic E-state index is 0.0161. The molecular weight excluding hydrogens is 370 g/mol. The second-order valence-electron chi connectivity index (χ2n) is 7.39. The highest BCUT2D eigenvalue weighted by Gasteiger charge is 2.30. The largest absolute Gasteiger partial charge is 0.325 e. The smallest absolute Gasteiger partial charge is 0.262 e. The Morgan fingerprint density at radius 3 is 2.68 bits per heavy atom. The first-order valence-electron chi connectivity index (χ1n) is 9.50. The van der Waals surface area contributed by atoms with Gasteiger partial charge in [-0.3, -0.25) is 14.2 Å². The summed E-state index contributed by atoms with van der Waals surface area (Å²) in [4.78, 5) is 30.4. The van der Waals surface area contributed by atoms with Crippen LogP contribution in [0.5, 0.6) is 0 Å². The van der Waals surface area contributed by atoms with Gasteiger partial charge >= 0.3 is 0 Å². The lowest BCUT2D eigenvalue weighted by Gasteiger charge is -2.17. The molecule has 0 spiro atoms. The summed E-state index contributed by atoms with van der Waals surface area (Å²) in [5.74, 6) is -0.0956. The number of carbonyl (C=O) groups is 1. The summed E-state index contributed by atoms with van der Waals surface area (Å²) in [5, 5.41) is 3.87. The molecule has 1 aliphatic rings. The van der Waals surface area contributed by atoms with Crippen molar-refractivity contribution >= 4 is 34.3 Å². The number of thioether (sulfide) groups is 1. The summed E-state index contributed by atoms with van der Waals surface area (Å²) >= 11 is 1.34. The second-order valence-corrected chi connectivity index (χ2v) is 8.69. The molecule has 0 radical (unpaired) electrons. The van der Waals surface area contributed by atoms with Crippen LogP contribution in [0, 0.1) is 13.8 Å². The number of aryl methyl sites for hydroxylation is 2. The fraction of sp³-hybridized carbons (Fsp3) is 0.318. The standard InChI is InChI=1S/C22H23N3O2S/c1-13-8-11-18(14(2)12-13)23-20(26)15(3)28-22-24-19-7-5-4-6-17(19)21(27)25(22)16-9-10-16/h4-8,11-12,15-16H,9-10H2,1-3H3,(H,23,26)/t15-/m1/s1. The number of hydrogen-bond acceptors (Lipinski definition) is 4. The summed E-state index contributed by atoms with van der Waals surface area (Å²) in [6, 6.07) is 13.5. The average molecular weight is 394 g/mol. The van der Waals surface area contributed by atoms with Crippen molar-refractivity contribution in [1.82, 2.24) is 9.55 Å². The van der Waals surface area contributed by atoms with E-state index in [2.05, 4.69) is 5.32 Å². The van der Waals surface area contributed by atoms with Gasteiger partial charge in [0.25, 0.3) is 5.56 Å². The number of benzene rings is 2. The summed E-state index contributed by atoms with van der Waals surface area (Å²) in [5.41, 5.74) is 3.66. The maximum atomic E-state index is 13.0. The van der Waals surface area contributed by atoms with Crippen molar-refractivity contribution in [2.45, 2.75) is 50.1 Å². The number of aromatic nitrogens is 2. The van der Waals surface area contributed by atoms with E-state index in [0.717, 1.165) is 29.7 Å². The van der Waals surface area contributed by atoms with Crippen LogP contribution in [-0.4, -0.2) is 20.7 Å². The van der Waals surface area contributed by atoms with Crippen molar-refractivity contribution in [3.8, 4) is 0 Å². The summed E-state index contributed by atoms with van der Waals surface area (Å²) in [6.45, 7) is 5.86. The van der Waals surface area contributed by atoms with Gasteiger partial charge in [0.15, 0.2) is 5.16 Å². The fourth-order valence-corrected chi connectivity index (χ4v) is 4.24. The molecule has 28 heavy (non-hydrogen) atoms. The molecule has 5 nitrogen and oxygen atoms in total. The molecule has 1 amide bonds. The second kappa shape index (κ2) is 7.43. The van der Waals surface area contributed by atoms with Crippen LogP contribution in [0.2, 0.25) is 0 Å². The van der Waals surface area contributed by atoms with Crippen LogP contribution < -0.4 is 10.9 Å². The first-order valence-corrected chi connectivity index (χ1v) is 10.4. The molecular formula is C22H23N3O2S. The third-order valence-electron chi connectivity index (χ3n) is 4.98. The minimum atomic E-state index is -0.376. The highest BCUT2D eigenvalue weighted by molar-refractivity contribution is 8.00. The molecule has 0 aliphatic heterocycles. The number of rotatable bonds is 5. The van der Waals surface area contributed by atoms with E-state index in [9.17, 15) is 9.59 Å². The van der Waals surface area contributed by atoms with Gasteiger partial charge in [-0.25, -0.2) is 4.98 Å². The normalized spacial score (nSPS) is 14.8. The van der Waals surface area contributed by atoms with Crippen LogP contribution in [0.4, 0.5) is 5.69 Å². The Labute approximate surface area is 168 Å². The molecule has 0 unspecified atom stereocenters. The Balaban J connectivity index is 1.61. The Bertz CT molecular complexity index is 1120. The topological polar surface area (TPSA) is 64.0 Å². The molecule has 3 aromatic rings. The van der Waals surface area contributed by atoms with E-state index in [1.807, 2.05) is 63.2 Å². The van der Waals surface area contributed by atoms with Gasteiger partial charge < -0.3 is 5.32 Å². The van der Waals surface area contributed by atoms with Gasteiger partial charge in [0.2, 0.25) is 5.91 Å². The van der Waals surface area contributed by atoms with Gasteiger partial charge in [0, 0.05) is 11.7 Å². The van der Waals surface area contributed by atoms with Crippen molar-refractivity contribution in [2.75, 3.05) is 5.32 Å². The van der Waals surface area contributed by atoms with Crippen LogP contribution in [0.3, 0.4) is 0 Å². The van der Waals surface area contributed by atoms with Crippen LogP contribution in [0.25, 0.3) is 10.9 Å². The summed E-state index contributed by atoms with van der Waals surface area (Å²) in [6.07, 6.45) is 1.97. The molecule has 1 aromatic heterocycles. The number of hydrogen-bond donors (Lipinski definition) is 1. The number of para-hydroxylation sites is 1. The molecule has 6 heteroatoms. The van der Waals surface area contributed by atoms with E-state index in [-0.39, 0.29) is 22.8 Å². The molecule has 2 aromatic carbocycles. The highest BCUT2D eigenvalue weighted by atomic mass is 32.2. The third kappa shape index (κ3) is 3.69. The Hall–Kier alpha value is -2.60. The molecule has 1 heterocycles. The minimum Gasteiger partial charge on any atom is -0.325 e. The van der Waals surface area contributed by atoms with E-state index in [1.54, 1.807) is 4.57 Å². The van der Waals surface area contributed by atoms with E-state index in [1.165, 1.54) is 11.8 Å². The quantitative estimate of drug-likeness (QED) is 0.513. The molecule has 1 aliphatic carbocycles. The van der Waals surface area contributed by atoms with E-state index in [0.29, 0.717) is 16.1 Å². The van der Waals surface area contributed by atoms with Crippen molar-refractivity contribution < 1.29 is 4.79 Å². The molecule has 1 saturated carbocycles. The van der Waals surface area contributed by atoms with Crippen molar-refractivity contribution in [2.24, 2.45) is 0 Å². The highest BCUT2D eigenvalue weighted by Crippen LogP contribution is 2.37. The van der Waals surface area contributed by atoms with Gasteiger partial charge in [-0.2, -0.15) is 0 Å². The Morgan fingerprint density at radius 1 is 1.21 bits per heavy atom. The number of fused-ring (bicyclic) bond motifs is 1. The lowest BCUT2D eigenvalue weighted by atomic mass is 10.1. The zero-order valence-electron chi connectivity index (χ0n) is 16.2. The average Bonchev–Trinajstić information content (AvgIpc) is 3.49. The van der Waals surface area contributed by atoms with Gasteiger partial charge in [-0.15, -0.1) is 0 Å². The van der Waals surface area contributed by atoms with E-state index >= 15 is 0 Å². The van der Waals surface area contributed by atoms with Gasteiger partial charge in [-0.05, 0) is 57.4 Å². The molecule has 1 fully saturated rings. The summed E-state index contributed by atoms with van der Waals surface area (Å²) in [7, 11) is 0. The van der Waals surface area contributed by atoms with Gasteiger partial charge in [0.05, 0.1) is 16.2 Å². The first-order chi connectivity index (χ1) is 13.4. The van der Waals surface area contributed by atoms with Crippen molar-refractivity contribution in [3.05, 3.63) is 63.9 Å². The Kier molecular flexibility index (Phi) is 4.98. The number of nitrogens with zero attached hydrogens (tertiary/aromatic N) is 2. The van der Waals surface area contributed by atoms with E-state index in [4.69, 9.17) is 4.98 Å². The molecule has 4 rings (SSSR count). The van der Waals surface area contributed by atoms with Crippen LogP contribution in [0.1, 0.15) is 36.9 Å². The number of carbonyl (C=O) groups excluding carboxylic acids is 1. The monoisotopic (exact) mass is 393 g/mol. The number of nitrogens with one attached hydrogen (secondary N) is 1. The van der Waals surface area contributed by atoms with E-state index < -0.39 is 0 Å². The third-order valence-corrected chi connectivity index (χ3v) is 6.05. The Morgan fingerprint density at radius 2 is 1.96 bits per heavy atom. The fourth-order valence-electron chi connectivity index (χ4n) is 3.26. The number of amides is 1. The van der Waals surface area contributed by atoms with Crippen molar-refractivity contribution in [3.63, 3.8) is 0 Å². The molecule has 144 valence electrons. The maximum absolute atomic E-state index is 13.0. The maximum Gasteiger partial charge on any atom is 0.262 e. The van der Waals surface area contributed by atoms with Crippen molar-refractivity contribution in [1.29, 1.82) is 0 Å². The van der Waals surface area contributed by atoms with Gasteiger partial charge in [-0.1, -0.05) is 41.6 Å². The zero-order valence-corrected chi connectivity index (χ0v) is 17.0. The molecule has 1 atom stereocenters. The first kappa shape index (κ1) is 18.7. The molecule has 1 N–H and O–H groups in total. The zero-order chi connectivity index (χ0) is 19.8. The predicted octanol–water partition coefficient (Wildman–Crippen LogP) is 4.47. The van der Waals surface area contributed by atoms with Crippen LogP contribution >= 0.6 is 11.8 Å². The predicted molar refractivity (Wildman–Crippen MR) is 114 cm³/mol. The lowest BCUT2D eigenvalue weighted by Crippen LogP contribution is -2.26. The lowest BCUT2D eigenvalue weighted by molar-refractivity contribution is -0.115. The number of anilines is 1.